The Labute approximate surface area is 119 Å². The van der Waals surface area contributed by atoms with Crippen LogP contribution in [0, 0.1) is 6.92 Å². The van der Waals surface area contributed by atoms with E-state index in [-0.39, 0.29) is 10.8 Å². The van der Waals surface area contributed by atoms with Gasteiger partial charge in [0.2, 0.25) is 5.03 Å². The monoisotopic (exact) mass is 308 g/mol. The number of imidazole rings is 1. The Balaban J connectivity index is 2.11. The van der Waals surface area contributed by atoms with Crippen molar-refractivity contribution in [2.75, 3.05) is 10.5 Å². The van der Waals surface area contributed by atoms with Crippen LogP contribution in [0.2, 0.25) is 0 Å². The van der Waals surface area contributed by atoms with Gasteiger partial charge in [-0.15, -0.1) is 11.3 Å². The second-order valence-corrected chi connectivity index (χ2v) is 6.75. The van der Waals surface area contributed by atoms with Crippen LogP contribution < -0.4 is 10.5 Å². The SMILES string of the molecule is Cc1ccccc1NS(=O)(=O)c1c(N)nc2sccn12. The molecule has 0 saturated carbocycles. The summed E-state index contributed by atoms with van der Waals surface area (Å²) in [5, 5.41) is 1.73. The number of rotatable bonds is 3. The van der Waals surface area contributed by atoms with E-state index in [4.69, 9.17) is 5.73 Å². The normalized spacial score (nSPS) is 11.8. The second-order valence-electron chi connectivity index (χ2n) is 4.28. The van der Waals surface area contributed by atoms with E-state index in [1.54, 1.807) is 23.7 Å². The van der Waals surface area contributed by atoms with Crippen LogP contribution in [0.1, 0.15) is 5.56 Å². The topological polar surface area (TPSA) is 89.5 Å². The summed E-state index contributed by atoms with van der Waals surface area (Å²) in [7, 11) is -3.79. The molecule has 2 aromatic heterocycles. The molecule has 0 aliphatic rings. The number of aromatic nitrogens is 2. The lowest BCUT2D eigenvalue weighted by Gasteiger charge is -2.09. The fraction of sp³-hybridized carbons (Fsp3) is 0.0833. The Morgan fingerprint density at radius 3 is 2.85 bits per heavy atom. The Hall–Kier alpha value is -2.06. The minimum absolute atomic E-state index is 0.00191. The van der Waals surface area contributed by atoms with E-state index in [9.17, 15) is 8.42 Å². The lowest BCUT2D eigenvalue weighted by molar-refractivity contribution is 0.597. The first-order valence-corrected chi connectivity index (χ1v) is 8.15. The van der Waals surface area contributed by atoms with Crippen molar-refractivity contribution in [1.29, 1.82) is 0 Å². The van der Waals surface area contributed by atoms with Gasteiger partial charge >= 0.3 is 0 Å². The quantitative estimate of drug-likeness (QED) is 0.775. The highest BCUT2D eigenvalue weighted by molar-refractivity contribution is 7.92. The van der Waals surface area contributed by atoms with E-state index >= 15 is 0 Å². The summed E-state index contributed by atoms with van der Waals surface area (Å²) in [4.78, 5) is 4.59. The summed E-state index contributed by atoms with van der Waals surface area (Å²) in [6.45, 7) is 1.83. The van der Waals surface area contributed by atoms with Crippen LogP contribution in [0.25, 0.3) is 4.96 Å². The van der Waals surface area contributed by atoms with Gasteiger partial charge in [0.1, 0.15) is 0 Å². The number of hydrogen-bond acceptors (Lipinski definition) is 5. The molecule has 0 spiro atoms. The highest BCUT2D eigenvalue weighted by Gasteiger charge is 2.24. The third kappa shape index (κ3) is 2.02. The maximum absolute atomic E-state index is 12.5. The van der Waals surface area contributed by atoms with Crippen molar-refractivity contribution in [3.05, 3.63) is 41.4 Å². The summed E-state index contributed by atoms with van der Waals surface area (Å²) < 4.78 is 29.0. The van der Waals surface area contributed by atoms with Crippen LogP contribution in [0.3, 0.4) is 0 Å². The standard InChI is InChI=1S/C12H12N4O2S2/c1-8-4-2-3-5-9(8)15-20(17,18)11-10(13)14-12-16(11)6-7-19-12/h2-7,15H,13H2,1H3. The van der Waals surface area contributed by atoms with Gasteiger partial charge in [-0.25, -0.2) is 4.98 Å². The largest absolute Gasteiger partial charge is 0.381 e. The Bertz CT molecular complexity index is 880. The average molecular weight is 308 g/mol. The molecule has 0 bridgehead atoms. The summed E-state index contributed by atoms with van der Waals surface area (Å²) in [6.07, 6.45) is 1.63. The molecule has 0 aliphatic carbocycles. The molecule has 6 nitrogen and oxygen atoms in total. The zero-order valence-electron chi connectivity index (χ0n) is 10.6. The number of nitrogen functional groups attached to an aromatic ring is 1. The van der Waals surface area contributed by atoms with Gasteiger partial charge in [0.25, 0.3) is 10.0 Å². The van der Waals surface area contributed by atoms with Gasteiger partial charge in [-0.05, 0) is 18.6 Å². The fourth-order valence-corrected chi connectivity index (χ4v) is 4.05. The lowest BCUT2D eigenvalue weighted by Crippen LogP contribution is -2.17. The number of hydrogen-bond donors (Lipinski definition) is 2. The molecule has 0 fully saturated rings. The number of aryl methyl sites for hydroxylation is 1. The number of thiazole rings is 1. The molecule has 0 radical (unpaired) electrons. The molecule has 20 heavy (non-hydrogen) atoms. The van der Waals surface area contributed by atoms with Crippen molar-refractivity contribution in [2.45, 2.75) is 11.9 Å². The predicted molar refractivity (Wildman–Crippen MR) is 79.5 cm³/mol. The third-order valence-electron chi connectivity index (χ3n) is 2.89. The van der Waals surface area contributed by atoms with E-state index in [0.717, 1.165) is 5.56 Å². The van der Waals surface area contributed by atoms with Gasteiger partial charge in [-0.3, -0.25) is 9.12 Å². The van der Waals surface area contributed by atoms with Gasteiger partial charge < -0.3 is 5.73 Å². The molecule has 3 aromatic rings. The number of anilines is 2. The predicted octanol–water partition coefficient (Wildman–Crippen LogP) is 2.09. The van der Waals surface area contributed by atoms with Crippen LogP contribution in [0.5, 0.6) is 0 Å². The van der Waals surface area contributed by atoms with E-state index in [2.05, 4.69) is 9.71 Å². The van der Waals surface area contributed by atoms with E-state index in [1.807, 2.05) is 19.1 Å². The number of sulfonamides is 1. The van der Waals surface area contributed by atoms with Gasteiger partial charge in [0.15, 0.2) is 10.8 Å². The molecule has 2 heterocycles. The van der Waals surface area contributed by atoms with Crippen LogP contribution in [0.4, 0.5) is 11.5 Å². The lowest BCUT2D eigenvalue weighted by atomic mass is 10.2. The number of benzene rings is 1. The van der Waals surface area contributed by atoms with Crippen LogP contribution in [-0.2, 0) is 10.0 Å². The van der Waals surface area contributed by atoms with E-state index < -0.39 is 10.0 Å². The molecule has 8 heteroatoms. The van der Waals surface area contributed by atoms with Crippen LogP contribution in [-0.4, -0.2) is 17.8 Å². The van der Waals surface area contributed by atoms with Crippen molar-refractivity contribution in [3.63, 3.8) is 0 Å². The summed E-state index contributed by atoms with van der Waals surface area (Å²) in [5.74, 6) is -0.00191. The molecule has 104 valence electrons. The number of nitrogens with zero attached hydrogens (tertiary/aromatic N) is 2. The fourth-order valence-electron chi connectivity index (χ4n) is 1.93. The highest BCUT2D eigenvalue weighted by Crippen LogP contribution is 2.26. The van der Waals surface area contributed by atoms with Crippen molar-refractivity contribution in [1.82, 2.24) is 9.38 Å². The zero-order chi connectivity index (χ0) is 14.3. The maximum atomic E-state index is 12.5. The molecule has 0 saturated heterocycles. The molecule has 3 N–H and O–H groups in total. The third-order valence-corrected chi connectivity index (χ3v) is 5.05. The van der Waals surface area contributed by atoms with Crippen molar-refractivity contribution < 1.29 is 8.42 Å². The molecule has 0 aliphatic heterocycles. The van der Waals surface area contributed by atoms with Crippen molar-refractivity contribution in [2.24, 2.45) is 0 Å². The molecular weight excluding hydrogens is 296 g/mol. The Kier molecular flexibility index (Phi) is 2.91. The summed E-state index contributed by atoms with van der Waals surface area (Å²) in [5.41, 5.74) is 7.09. The summed E-state index contributed by atoms with van der Waals surface area (Å²) in [6, 6.07) is 7.15. The van der Waals surface area contributed by atoms with E-state index in [0.29, 0.717) is 10.6 Å². The molecular formula is C12H12N4O2S2. The number of para-hydroxylation sites is 1. The molecule has 0 unspecified atom stereocenters. The average Bonchev–Trinajstić information content (AvgIpc) is 2.91. The minimum Gasteiger partial charge on any atom is -0.381 e. The second kappa shape index (κ2) is 4.50. The number of nitrogens with two attached hydrogens (primary N) is 1. The van der Waals surface area contributed by atoms with Gasteiger partial charge in [0.05, 0.1) is 5.69 Å². The number of fused-ring (bicyclic) bond motifs is 1. The van der Waals surface area contributed by atoms with Gasteiger partial charge in [-0.2, -0.15) is 8.42 Å². The van der Waals surface area contributed by atoms with Crippen molar-refractivity contribution >= 4 is 37.8 Å². The molecule has 3 rings (SSSR count). The molecule has 0 amide bonds. The zero-order valence-corrected chi connectivity index (χ0v) is 12.2. The first-order valence-electron chi connectivity index (χ1n) is 5.78. The smallest absolute Gasteiger partial charge is 0.281 e. The minimum atomic E-state index is -3.79. The van der Waals surface area contributed by atoms with Crippen LogP contribution >= 0.6 is 11.3 Å². The maximum Gasteiger partial charge on any atom is 0.281 e. The van der Waals surface area contributed by atoms with Crippen molar-refractivity contribution in [3.8, 4) is 0 Å². The van der Waals surface area contributed by atoms with Crippen LogP contribution in [0.15, 0.2) is 40.9 Å². The van der Waals surface area contributed by atoms with Gasteiger partial charge in [0, 0.05) is 11.6 Å². The number of nitrogens with one attached hydrogen (secondary N) is 1. The molecule has 0 atom stereocenters. The highest BCUT2D eigenvalue weighted by atomic mass is 32.2. The first-order chi connectivity index (χ1) is 9.49. The summed E-state index contributed by atoms with van der Waals surface area (Å²) >= 11 is 1.33. The van der Waals surface area contributed by atoms with E-state index in [1.165, 1.54) is 15.7 Å². The molecule has 1 aromatic carbocycles. The Morgan fingerprint density at radius 1 is 1.35 bits per heavy atom. The first kappa shape index (κ1) is 12.9. The van der Waals surface area contributed by atoms with Gasteiger partial charge in [-0.1, -0.05) is 18.2 Å². The Morgan fingerprint density at radius 2 is 2.10 bits per heavy atom.